The molecule has 0 heterocycles. The van der Waals surface area contributed by atoms with Gasteiger partial charge in [0.1, 0.15) is 0 Å². The summed E-state index contributed by atoms with van der Waals surface area (Å²) in [4.78, 5) is 0. The van der Waals surface area contributed by atoms with Crippen molar-refractivity contribution in [1.82, 2.24) is 0 Å². The molecule has 0 fully saturated rings. The highest BCUT2D eigenvalue weighted by Crippen LogP contribution is 2.35. The molecule has 0 bridgehead atoms. The topological polar surface area (TPSA) is 23.8 Å². The molecule has 0 saturated carbocycles. The summed E-state index contributed by atoms with van der Waals surface area (Å²) in [6.07, 6.45) is 5.82. The van der Waals surface area contributed by atoms with Crippen molar-refractivity contribution in [2.45, 2.75) is 12.8 Å². The molecule has 1 nitrogen and oxygen atoms in total. The summed E-state index contributed by atoms with van der Waals surface area (Å²) < 4.78 is 0. The molecule has 0 unspecified atom stereocenters. The SMILES string of the molecule is N#C[C@]1(Cc2ccccc2)C=CC1. The van der Waals surface area contributed by atoms with Crippen LogP contribution in [0.1, 0.15) is 12.0 Å². The van der Waals surface area contributed by atoms with Crippen LogP contribution in [0.15, 0.2) is 42.5 Å². The minimum absolute atomic E-state index is 0.207. The molecule has 1 aliphatic rings. The molecule has 0 radical (unpaired) electrons. The smallest absolute Gasteiger partial charge is 0.0827 e. The lowest BCUT2D eigenvalue weighted by Gasteiger charge is -2.27. The maximum Gasteiger partial charge on any atom is 0.0827 e. The fourth-order valence-electron chi connectivity index (χ4n) is 1.62. The van der Waals surface area contributed by atoms with E-state index < -0.39 is 0 Å². The van der Waals surface area contributed by atoms with Gasteiger partial charge in [0.25, 0.3) is 0 Å². The third-order valence-corrected chi connectivity index (χ3v) is 2.50. The Kier molecular flexibility index (Phi) is 1.90. The number of benzene rings is 1. The maximum absolute atomic E-state index is 9.00. The summed E-state index contributed by atoms with van der Waals surface area (Å²) in [7, 11) is 0. The lowest BCUT2D eigenvalue weighted by molar-refractivity contribution is 0.466. The molecular formula is C12H11N. The van der Waals surface area contributed by atoms with Gasteiger partial charge in [0, 0.05) is 0 Å². The van der Waals surface area contributed by atoms with E-state index in [1.165, 1.54) is 5.56 Å². The van der Waals surface area contributed by atoms with E-state index >= 15 is 0 Å². The Hall–Kier alpha value is -1.55. The molecule has 0 aliphatic heterocycles. The molecule has 2 rings (SSSR count). The zero-order valence-electron chi connectivity index (χ0n) is 7.40. The van der Waals surface area contributed by atoms with Crippen LogP contribution >= 0.6 is 0 Å². The molecule has 0 aromatic heterocycles. The van der Waals surface area contributed by atoms with Crippen molar-refractivity contribution in [2.75, 3.05) is 0 Å². The van der Waals surface area contributed by atoms with Gasteiger partial charge in [0.05, 0.1) is 11.5 Å². The number of nitriles is 1. The predicted octanol–water partition coefficient (Wildman–Crippen LogP) is 2.70. The lowest BCUT2D eigenvalue weighted by Crippen LogP contribution is -2.23. The molecule has 0 spiro atoms. The molecule has 0 amide bonds. The number of hydrogen-bond donors (Lipinski definition) is 0. The normalized spacial score (nSPS) is 24.8. The number of allylic oxidation sites excluding steroid dienone is 2. The summed E-state index contributed by atoms with van der Waals surface area (Å²) in [5, 5.41) is 9.00. The van der Waals surface area contributed by atoms with Gasteiger partial charge < -0.3 is 0 Å². The fourth-order valence-corrected chi connectivity index (χ4v) is 1.62. The van der Waals surface area contributed by atoms with E-state index in [0.717, 1.165) is 12.8 Å². The van der Waals surface area contributed by atoms with Crippen LogP contribution in [0.5, 0.6) is 0 Å². The van der Waals surface area contributed by atoms with Gasteiger partial charge in [-0.15, -0.1) is 0 Å². The molecule has 1 aliphatic carbocycles. The molecule has 0 N–H and O–H groups in total. The first-order chi connectivity index (χ1) is 6.35. The van der Waals surface area contributed by atoms with Gasteiger partial charge in [-0.3, -0.25) is 0 Å². The van der Waals surface area contributed by atoms with Crippen molar-refractivity contribution in [3.8, 4) is 6.07 Å². The minimum Gasteiger partial charge on any atom is -0.197 e. The van der Waals surface area contributed by atoms with Crippen LogP contribution in [-0.4, -0.2) is 0 Å². The first kappa shape index (κ1) is 8.07. The second-order valence-electron chi connectivity index (χ2n) is 3.54. The van der Waals surface area contributed by atoms with Crippen LogP contribution < -0.4 is 0 Å². The highest BCUT2D eigenvalue weighted by atomic mass is 14.4. The molecular weight excluding hydrogens is 158 g/mol. The van der Waals surface area contributed by atoms with Gasteiger partial charge in [-0.2, -0.15) is 5.26 Å². The van der Waals surface area contributed by atoms with Crippen molar-refractivity contribution in [3.05, 3.63) is 48.0 Å². The van der Waals surface area contributed by atoms with Gasteiger partial charge in [0.2, 0.25) is 0 Å². The minimum atomic E-state index is -0.207. The van der Waals surface area contributed by atoms with Crippen molar-refractivity contribution in [1.29, 1.82) is 5.26 Å². The maximum atomic E-state index is 9.00. The van der Waals surface area contributed by atoms with Crippen LogP contribution in [0.25, 0.3) is 0 Å². The molecule has 1 atom stereocenters. The zero-order valence-corrected chi connectivity index (χ0v) is 7.40. The first-order valence-electron chi connectivity index (χ1n) is 4.48. The Morgan fingerprint density at radius 1 is 1.31 bits per heavy atom. The monoisotopic (exact) mass is 169 g/mol. The molecule has 64 valence electrons. The summed E-state index contributed by atoms with van der Waals surface area (Å²) >= 11 is 0. The van der Waals surface area contributed by atoms with Crippen LogP contribution in [0.4, 0.5) is 0 Å². The predicted molar refractivity (Wildman–Crippen MR) is 51.9 cm³/mol. The average Bonchev–Trinajstić information content (AvgIpc) is 2.13. The quantitative estimate of drug-likeness (QED) is 0.624. The number of hydrogen-bond acceptors (Lipinski definition) is 1. The fraction of sp³-hybridized carbons (Fsp3) is 0.250. The summed E-state index contributed by atoms with van der Waals surface area (Å²) in [6, 6.07) is 12.6. The van der Waals surface area contributed by atoms with Gasteiger partial charge in [-0.25, -0.2) is 0 Å². The standard InChI is InChI=1S/C12H11N/c13-10-12(7-4-8-12)9-11-5-2-1-3-6-11/h1-7H,8-9H2/t12-/m1/s1. The van der Waals surface area contributed by atoms with Crippen molar-refractivity contribution in [3.63, 3.8) is 0 Å². The Morgan fingerprint density at radius 2 is 2.00 bits per heavy atom. The van der Waals surface area contributed by atoms with Crippen molar-refractivity contribution in [2.24, 2.45) is 5.41 Å². The van der Waals surface area contributed by atoms with E-state index in [4.69, 9.17) is 5.26 Å². The van der Waals surface area contributed by atoms with E-state index in [1.807, 2.05) is 24.3 Å². The van der Waals surface area contributed by atoms with E-state index in [9.17, 15) is 0 Å². The van der Waals surface area contributed by atoms with E-state index in [-0.39, 0.29) is 5.41 Å². The van der Waals surface area contributed by atoms with Crippen LogP contribution in [0.2, 0.25) is 0 Å². The third kappa shape index (κ3) is 1.48. The van der Waals surface area contributed by atoms with Crippen molar-refractivity contribution >= 4 is 0 Å². The molecule has 1 aromatic rings. The average molecular weight is 169 g/mol. The Bertz CT molecular complexity index is 358. The largest absolute Gasteiger partial charge is 0.197 e. The molecule has 1 aromatic carbocycles. The van der Waals surface area contributed by atoms with Crippen molar-refractivity contribution < 1.29 is 0 Å². The van der Waals surface area contributed by atoms with Crippen LogP contribution in [0.3, 0.4) is 0 Å². The summed E-state index contributed by atoms with van der Waals surface area (Å²) in [6.45, 7) is 0. The van der Waals surface area contributed by atoms with Gasteiger partial charge in [-0.05, 0) is 18.4 Å². The highest BCUT2D eigenvalue weighted by molar-refractivity contribution is 5.29. The third-order valence-electron chi connectivity index (χ3n) is 2.50. The zero-order chi connectivity index (χ0) is 9.15. The summed E-state index contributed by atoms with van der Waals surface area (Å²) in [5.41, 5.74) is 1.04. The first-order valence-corrected chi connectivity index (χ1v) is 4.48. The van der Waals surface area contributed by atoms with Gasteiger partial charge >= 0.3 is 0 Å². The Morgan fingerprint density at radius 3 is 2.46 bits per heavy atom. The second-order valence-corrected chi connectivity index (χ2v) is 3.54. The number of nitrogens with zero attached hydrogens (tertiary/aromatic N) is 1. The number of rotatable bonds is 2. The van der Waals surface area contributed by atoms with Crippen LogP contribution in [-0.2, 0) is 6.42 Å². The molecule has 1 heteroatoms. The Labute approximate surface area is 78.3 Å². The van der Waals surface area contributed by atoms with E-state index in [2.05, 4.69) is 24.3 Å². The van der Waals surface area contributed by atoms with Gasteiger partial charge in [-0.1, -0.05) is 42.5 Å². The molecule has 13 heavy (non-hydrogen) atoms. The lowest BCUT2D eigenvalue weighted by atomic mass is 9.73. The molecule has 0 saturated heterocycles. The highest BCUT2D eigenvalue weighted by Gasteiger charge is 2.31. The summed E-state index contributed by atoms with van der Waals surface area (Å²) in [5.74, 6) is 0. The Balaban J connectivity index is 2.16. The van der Waals surface area contributed by atoms with E-state index in [1.54, 1.807) is 0 Å². The second kappa shape index (κ2) is 3.06. The van der Waals surface area contributed by atoms with Gasteiger partial charge in [0.15, 0.2) is 0 Å². The van der Waals surface area contributed by atoms with Crippen LogP contribution in [0, 0.1) is 16.7 Å². The van der Waals surface area contributed by atoms with E-state index in [0.29, 0.717) is 0 Å².